The monoisotopic (exact) mass is 312 g/mol. The van der Waals surface area contributed by atoms with Crippen molar-refractivity contribution < 1.29 is 13.2 Å². The average Bonchev–Trinajstić information content (AvgIpc) is 3.04. The van der Waals surface area contributed by atoms with E-state index in [9.17, 15) is 13.2 Å². The molecule has 0 saturated carbocycles. The van der Waals surface area contributed by atoms with Gasteiger partial charge in [-0.05, 0) is 6.42 Å². The Morgan fingerprint density at radius 3 is 2.52 bits per heavy atom. The summed E-state index contributed by atoms with van der Waals surface area (Å²) >= 11 is 0. The van der Waals surface area contributed by atoms with Crippen LogP contribution >= 0.6 is 0 Å². The van der Waals surface area contributed by atoms with Gasteiger partial charge in [-0.25, -0.2) is 8.42 Å². The number of hydrogen-bond acceptors (Lipinski definition) is 5. The Morgan fingerprint density at radius 2 is 2.00 bits per heavy atom. The van der Waals surface area contributed by atoms with Crippen molar-refractivity contribution in [1.29, 1.82) is 0 Å². The topological polar surface area (TPSA) is 75.5 Å². The van der Waals surface area contributed by atoms with Crippen LogP contribution in [0.3, 0.4) is 0 Å². The zero-order valence-corrected chi connectivity index (χ0v) is 12.9. The number of nitrogens with zero attached hydrogens (tertiary/aromatic N) is 4. The molecule has 0 aromatic carbocycles. The highest BCUT2D eigenvalue weighted by molar-refractivity contribution is 7.91. The lowest BCUT2D eigenvalue weighted by atomic mass is 10.2. The predicted molar refractivity (Wildman–Crippen MR) is 77.7 cm³/mol. The minimum atomic E-state index is -2.85. The van der Waals surface area contributed by atoms with Gasteiger partial charge in [-0.2, -0.15) is 5.10 Å². The minimum Gasteiger partial charge on any atom is -0.336 e. The van der Waals surface area contributed by atoms with Crippen LogP contribution < -0.4 is 0 Å². The van der Waals surface area contributed by atoms with Gasteiger partial charge in [0, 0.05) is 45.5 Å². The Bertz CT molecular complexity index is 632. The molecule has 0 N–H and O–H groups in total. The Kier molecular flexibility index (Phi) is 3.75. The van der Waals surface area contributed by atoms with Crippen LogP contribution in [-0.4, -0.2) is 77.6 Å². The van der Waals surface area contributed by atoms with Crippen molar-refractivity contribution in [3.63, 3.8) is 0 Å². The fourth-order valence-electron chi connectivity index (χ4n) is 3.07. The van der Waals surface area contributed by atoms with Crippen molar-refractivity contribution in [3.8, 4) is 0 Å². The molecule has 2 saturated heterocycles. The standard InChI is InChI=1S/C13H20N4O3S/c1-15-9-11(8-14-15)13(18)17-5-3-16(4-6-17)12-2-7-21(19,20)10-12/h8-9,12H,2-7,10H2,1H3/t12-/m0/s1. The fraction of sp³-hybridized carbons (Fsp3) is 0.692. The number of aromatic nitrogens is 2. The molecule has 2 fully saturated rings. The molecule has 0 aliphatic carbocycles. The highest BCUT2D eigenvalue weighted by Crippen LogP contribution is 2.19. The molecule has 3 heterocycles. The Balaban J connectivity index is 1.57. The number of sulfone groups is 1. The third-order valence-electron chi connectivity index (χ3n) is 4.28. The van der Waals surface area contributed by atoms with Crippen LogP contribution in [0, 0.1) is 0 Å². The second-order valence-corrected chi connectivity index (χ2v) is 8.02. The van der Waals surface area contributed by atoms with Crippen LogP contribution in [0.1, 0.15) is 16.8 Å². The summed E-state index contributed by atoms with van der Waals surface area (Å²) in [4.78, 5) is 16.3. The SMILES string of the molecule is Cn1cc(C(=O)N2CCN([C@H]3CCS(=O)(=O)C3)CC2)cn1. The lowest BCUT2D eigenvalue weighted by Gasteiger charge is -2.37. The molecule has 1 amide bonds. The second-order valence-electron chi connectivity index (χ2n) is 5.79. The van der Waals surface area contributed by atoms with Gasteiger partial charge in [-0.15, -0.1) is 0 Å². The summed E-state index contributed by atoms with van der Waals surface area (Å²) < 4.78 is 24.7. The van der Waals surface area contributed by atoms with E-state index in [0.29, 0.717) is 24.4 Å². The molecule has 0 unspecified atom stereocenters. The van der Waals surface area contributed by atoms with Gasteiger partial charge >= 0.3 is 0 Å². The molecule has 1 aromatic heterocycles. The summed E-state index contributed by atoms with van der Waals surface area (Å²) in [6.45, 7) is 2.77. The van der Waals surface area contributed by atoms with E-state index >= 15 is 0 Å². The van der Waals surface area contributed by atoms with E-state index in [0.717, 1.165) is 19.5 Å². The first-order valence-corrected chi connectivity index (χ1v) is 8.99. The van der Waals surface area contributed by atoms with Gasteiger partial charge in [0.15, 0.2) is 9.84 Å². The van der Waals surface area contributed by atoms with E-state index in [1.54, 1.807) is 24.1 Å². The maximum absolute atomic E-state index is 12.3. The molecule has 0 spiro atoms. The van der Waals surface area contributed by atoms with Gasteiger partial charge in [-0.3, -0.25) is 14.4 Å². The molecule has 116 valence electrons. The fourth-order valence-corrected chi connectivity index (χ4v) is 4.83. The van der Waals surface area contributed by atoms with Crippen LogP contribution in [-0.2, 0) is 16.9 Å². The third kappa shape index (κ3) is 3.11. The Labute approximate surface area is 124 Å². The summed E-state index contributed by atoms with van der Waals surface area (Å²) in [5.74, 6) is 0.567. The number of amides is 1. The Morgan fingerprint density at radius 1 is 1.29 bits per heavy atom. The van der Waals surface area contributed by atoms with Crippen molar-refractivity contribution in [2.45, 2.75) is 12.5 Å². The lowest BCUT2D eigenvalue weighted by Crippen LogP contribution is -2.52. The molecule has 3 rings (SSSR count). The summed E-state index contributed by atoms with van der Waals surface area (Å²) in [6.07, 6.45) is 4.02. The van der Waals surface area contributed by atoms with Crippen molar-refractivity contribution in [2.75, 3.05) is 37.7 Å². The van der Waals surface area contributed by atoms with Crippen LogP contribution in [0.15, 0.2) is 12.4 Å². The quantitative estimate of drug-likeness (QED) is 0.726. The summed E-state index contributed by atoms with van der Waals surface area (Å²) in [5.41, 5.74) is 0.606. The number of carbonyl (C=O) groups excluding carboxylic acids is 1. The molecule has 2 aliphatic heterocycles. The molecule has 2 aliphatic rings. The zero-order chi connectivity index (χ0) is 15.0. The number of piperazine rings is 1. The maximum atomic E-state index is 12.3. The van der Waals surface area contributed by atoms with Crippen molar-refractivity contribution in [3.05, 3.63) is 18.0 Å². The number of carbonyl (C=O) groups is 1. The van der Waals surface area contributed by atoms with E-state index in [4.69, 9.17) is 0 Å². The van der Waals surface area contributed by atoms with E-state index in [-0.39, 0.29) is 17.7 Å². The average molecular weight is 312 g/mol. The van der Waals surface area contributed by atoms with Crippen molar-refractivity contribution in [2.24, 2.45) is 7.05 Å². The zero-order valence-electron chi connectivity index (χ0n) is 12.1. The summed E-state index contributed by atoms with van der Waals surface area (Å²) in [7, 11) is -1.06. The first-order chi connectivity index (χ1) is 9.94. The van der Waals surface area contributed by atoms with Crippen LogP contribution in [0.4, 0.5) is 0 Å². The van der Waals surface area contributed by atoms with E-state index in [2.05, 4.69) is 10.00 Å². The molecule has 7 nitrogen and oxygen atoms in total. The first kappa shape index (κ1) is 14.5. The largest absolute Gasteiger partial charge is 0.336 e. The molecule has 8 heteroatoms. The third-order valence-corrected chi connectivity index (χ3v) is 6.03. The van der Waals surface area contributed by atoms with Crippen molar-refractivity contribution >= 4 is 15.7 Å². The molecule has 1 atom stereocenters. The Hall–Kier alpha value is -1.41. The summed E-state index contributed by atoms with van der Waals surface area (Å²) in [5, 5.41) is 4.02. The van der Waals surface area contributed by atoms with E-state index in [1.807, 2.05) is 4.90 Å². The summed E-state index contributed by atoms with van der Waals surface area (Å²) in [6, 6.07) is 0.130. The highest BCUT2D eigenvalue weighted by Gasteiger charge is 2.34. The lowest BCUT2D eigenvalue weighted by molar-refractivity contribution is 0.0587. The van der Waals surface area contributed by atoms with E-state index < -0.39 is 9.84 Å². The molecule has 0 radical (unpaired) electrons. The molecular weight excluding hydrogens is 292 g/mol. The molecule has 1 aromatic rings. The molecular formula is C13H20N4O3S. The maximum Gasteiger partial charge on any atom is 0.257 e. The van der Waals surface area contributed by atoms with Gasteiger partial charge in [-0.1, -0.05) is 0 Å². The van der Waals surface area contributed by atoms with Crippen LogP contribution in [0.25, 0.3) is 0 Å². The molecule has 0 bridgehead atoms. The normalized spacial score (nSPS) is 26.1. The van der Waals surface area contributed by atoms with Gasteiger partial charge in [0.2, 0.25) is 0 Å². The minimum absolute atomic E-state index is 0.00166. The smallest absolute Gasteiger partial charge is 0.257 e. The van der Waals surface area contributed by atoms with Gasteiger partial charge in [0.1, 0.15) is 0 Å². The van der Waals surface area contributed by atoms with Crippen molar-refractivity contribution in [1.82, 2.24) is 19.6 Å². The molecule has 21 heavy (non-hydrogen) atoms. The number of aryl methyl sites for hydroxylation is 1. The van der Waals surface area contributed by atoms with Crippen LogP contribution in [0.5, 0.6) is 0 Å². The van der Waals surface area contributed by atoms with Gasteiger partial charge in [0.05, 0.1) is 23.3 Å². The second kappa shape index (κ2) is 5.42. The number of hydrogen-bond donors (Lipinski definition) is 0. The van der Waals surface area contributed by atoms with Crippen LogP contribution in [0.2, 0.25) is 0 Å². The number of rotatable bonds is 2. The van der Waals surface area contributed by atoms with Gasteiger partial charge < -0.3 is 4.90 Å². The predicted octanol–water partition coefficient (Wildman–Crippen LogP) is -0.635. The van der Waals surface area contributed by atoms with E-state index in [1.165, 1.54) is 0 Å². The first-order valence-electron chi connectivity index (χ1n) is 7.17. The van der Waals surface area contributed by atoms with Gasteiger partial charge in [0.25, 0.3) is 5.91 Å². The highest BCUT2D eigenvalue weighted by atomic mass is 32.2.